The largest absolute Gasteiger partial charge is 0.398 e. The molecule has 1 aliphatic heterocycles. The summed E-state index contributed by atoms with van der Waals surface area (Å²) in [4.78, 5) is 13.5. The smallest absolute Gasteiger partial charge is 0.234 e. The molecule has 4 nitrogen and oxygen atoms in total. The molecule has 18 heavy (non-hydrogen) atoms. The number of carbonyl (C=O) groups excluding carboxylic acids is 1. The highest BCUT2D eigenvalue weighted by Gasteiger charge is 2.27. The molecule has 1 saturated heterocycles. The Balaban J connectivity index is 2.15. The lowest BCUT2D eigenvalue weighted by Crippen LogP contribution is -2.47. The molecule has 4 N–H and O–H groups in total. The molecule has 0 aliphatic carbocycles. The van der Waals surface area contributed by atoms with Gasteiger partial charge in [0.15, 0.2) is 0 Å². The predicted molar refractivity (Wildman–Crippen MR) is 73.1 cm³/mol. The number of hydrogen-bond donors (Lipinski definition) is 2. The van der Waals surface area contributed by atoms with E-state index in [0.717, 1.165) is 31.4 Å². The van der Waals surface area contributed by atoms with Crippen LogP contribution < -0.4 is 11.5 Å². The van der Waals surface area contributed by atoms with E-state index >= 15 is 0 Å². The molecule has 5 heteroatoms. The highest BCUT2D eigenvalue weighted by atomic mass is 35.5. The van der Waals surface area contributed by atoms with Crippen LogP contribution >= 0.6 is 11.6 Å². The number of benzene rings is 1. The van der Waals surface area contributed by atoms with Crippen molar-refractivity contribution in [2.45, 2.75) is 31.8 Å². The number of carbonyl (C=O) groups is 1. The molecule has 1 aromatic rings. The van der Waals surface area contributed by atoms with Crippen molar-refractivity contribution >= 4 is 23.2 Å². The van der Waals surface area contributed by atoms with Crippen LogP contribution in [-0.4, -0.2) is 23.4 Å². The third-order valence-electron chi connectivity index (χ3n) is 3.42. The van der Waals surface area contributed by atoms with Crippen molar-refractivity contribution in [2.75, 3.05) is 12.3 Å². The molecule has 98 valence electrons. The zero-order valence-corrected chi connectivity index (χ0v) is 11.0. The lowest BCUT2D eigenvalue weighted by molar-refractivity contribution is -0.124. The van der Waals surface area contributed by atoms with Gasteiger partial charge in [-0.2, -0.15) is 0 Å². The minimum Gasteiger partial charge on any atom is -0.398 e. The van der Waals surface area contributed by atoms with Gasteiger partial charge >= 0.3 is 0 Å². The fraction of sp³-hybridized carbons (Fsp3) is 0.462. The maximum absolute atomic E-state index is 11.4. The average Bonchev–Trinajstić information content (AvgIpc) is 2.34. The molecule has 1 atom stereocenters. The molecule has 1 heterocycles. The van der Waals surface area contributed by atoms with E-state index in [1.54, 1.807) is 12.1 Å². The molecule has 2 rings (SSSR count). The number of nitrogens with two attached hydrogens (primary N) is 2. The monoisotopic (exact) mass is 267 g/mol. The fourth-order valence-corrected chi connectivity index (χ4v) is 2.63. The van der Waals surface area contributed by atoms with Gasteiger partial charge in [-0.1, -0.05) is 18.0 Å². The first-order chi connectivity index (χ1) is 8.58. The van der Waals surface area contributed by atoms with E-state index in [2.05, 4.69) is 4.90 Å². The predicted octanol–water partition coefficient (Wildman–Crippen LogP) is 1.76. The Kier molecular flexibility index (Phi) is 4.09. The second-order valence-electron chi connectivity index (χ2n) is 4.73. The van der Waals surface area contributed by atoms with Crippen LogP contribution in [0.4, 0.5) is 5.69 Å². The van der Waals surface area contributed by atoms with Crippen LogP contribution in [0.15, 0.2) is 18.2 Å². The van der Waals surface area contributed by atoms with Gasteiger partial charge in [-0.3, -0.25) is 9.69 Å². The van der Waals surface area contributed by atoms with Crippen LogP contribution in [0.5, 0.6) is 0 Å². The average molecular weight is 268 g/mol. The van der Waals surface area contributed by atoms with Gasteiger partial charge in [-0.25, -0.2) is 0 Å². The van der Waals surface area contributed by atoms with Gasteiger partial charge in [0.1, 0.15) is 0 Å². The number of rotatable bonds is 3. The standard InChI is InChI=1S/C13H18ClN3O/c14-10-4-5-11(15)9(7-10)8-17-6-2-1-3-12(17)13(16)18/h4-5,7,12H,1-3,6,8,15H2,(H2,16,18). The number of anilines is 1. The van der Waals surface area contributed by atoms with Gasteiger partial charge in [-0.15, -0.1) is 0 Å². The lowest BCUT2D eigenvalue weighted by atomic mass is 10.0. The quantitative estimate of drug-likeness (QED) is 0.820. The number of nitrogen functional groups attached to an aromatic ring is 1. The first-order valence-electron chi connectivity index (χ1n) is 6.15. The van der Waals surface area contributed by atoms with E-state index in [-0.39, 0.29) is 11.9 Å². The van der Waals surface area contributed by atoms with Crippen LogP contribution in [0.25, 0.3) is 0 Å². The molecule has 0 saturated carbocycles. The van der Waals surface area contributed by atoms with Crippen molar-refractivity contribution in [3.63, 3.8) is 0 Å². The van der Waals surface area contributed by atoms with Crippen molar-refractivity contribution in [1.29, 1.82) is 0 Å². The second-order valence-corrected chi connectivity index (χ2v) is 5.16. The Labute approximate surface area is 112 Å². The summed E-state index contributed by atoms with van der Waals surface area (Å²) in [6.45, 7) is 1.50. The summed E-state index contributed by atoms with van der Waals surface area (Å²) in [6.07, 6.45) is 2.97. The van der Waals surface area contributed by atoms with E-state index < -0.39 is 0 Å². The summed E-state index contributed by atoms with van der Waals surface area (Å²) in [7, 11) is 0. The SMILES string of the molecule is NC(=O)C1CCCCN1Cc1cc(Cl)ccc1N. The van der Waals surface area contributed by atoms with Gasteiger partial charge in [0.25, 0.3) is 0 Å². The molecule has 0 aromatic heterocycles. The molecule has 1 aromatic carbocycles. The van der Waals surface area contributed by atoms with E-state index in [9.17, 15) is 4.79 Å². The molecule has 1 aliphatic rings. The number of hydrogen-bond acceptors (Lipinski definition) is 3. The molecule has 1 unspecified atom stereocenters. The van der Waals surface area contributed by atoms with Crippen LogP contribution in [-0.2, 0) is 11.3 Å². The summed E-state index contributed by atoms with van der Waals surface area (Å²) in [5.74, 6) is -0.254. The van der Waals surface area contributed by atoms with E-state index in [4.69, 9.17) is 23.1 Å². The highest BCUT2D eigenvalue weighted by molar-refractivity contribution is 6.30. The molecule has 1 amide bonds. The number of amides is 1. The normalized spacial score (nSPS) is 20.8. The van der Waals surface area contributed by atoms with Crippen molar-refractivity contribution in [3.8, 4) is 0 Å². The summed E-state index contributed by atoms with van der Waals surface area (Å²) >= 11 is 5.97. The number of halogens is 1. The van der Waals surface area contributed by atoms with Crippen LogP contribution in [0.2, 0.25) is 5.02 Å². The number of nitrogens with zero attached hydrogens (tertiary/aromatic N) is 1. The Morgan fingerprint density at radius 1 is 1.44 bits per heavy atom. The summed E-state index contributed by atoms with van der Waals surface area (Å²) in [5.41, 5.74) is 13.0. The van der Waals surface area contributed by atoms with Crippen molar-refractivity contribution in [2.24, 2.45) is 5.73 Å². The Hall–Kier alpha value is -1.26. The van der Waals surface area contributed by atoms with Gasteiger partial charge in [-0.05, 0) is 43.1 Å². The van der Waals surface area contributed by atoms with Crippen molar-refractivity contribution in [3.05, 3.63) is 28.8 Å². The van der Waals surface area contributed by atoms with E-state index in [0.29, 0.717) is 17.3 Å². The summed E-state index contributed by atoms with van der Waals surface area (Å²) in [6, 6.07) is 5.23. The van der Waals surface area contributed by atoms with E-state index in [1.165, 1.54) is 0 Å². The Bertz CT molecular complexity index is 450. The van der Waals surface area contributed by atoms with Gasteiger partial charge in [0.05, 0.1) is 6.04 Å². The number of likely N-dealkylation sites (tertiary alicyclic amines) is 1. The summed E-state index contributed by atoms with van der Waals surface area (Å²) in [5, 5.41) is 0.659. The third kappa shape index (κ3) is 2.94. The molecule has 0 radical (unpaired) electrons. The molecule has 1 fully saturated rings. The molecule has 0 spiro atoms. The third-order valence-corrected chi connectivity index (χ3v) is 3.66. The maximum Gasteiger partial charge on any atom is 0.234 e. The molecule has 0 bridgehead atoms. The van der Waals surface area contributed by atoms with Crippen LogP contribution in [0.3, 0.4) is 0 Å². The van der Waals surface area contributed by atoms with Gasteiger partial charge in [0.2, 0.25) is 5.91 Å². The lowest BCUT2D eigenvalue weighted by Gasteiger charge is -2.33. The second kappa shape index (κ2) is 5.59. The Morgan fingerprint density at radius 3 is 2.94 bits per heavy atom. The maximum atomic E-state index is 11.4. The zero-order chi connectivity index (χ0) is 13.1. The Morgan fingerprint density at radius 2 is 2.22 bits per heavy atom. The van der Waals surface area contributed by atoms with Crippen LogP contribution in [0.1, 0.15) is 24.8 Å². The topological polar surface area (TPSA) is 72.4 Å². The van der Waals surface area contributed by atoms with Crippen LogP contribution in [0, 0.1) is 0 Å². The fourth-order valence-electron chi connectivity index (χ4n) is 2.43. The van der Waals surface area contributed by atoms with Gasteiger partial charge < -0.3 is 11.5 Å². The summed E-state index contributed by atoms with van der Waals surface area (Å²) < 4.78 is 0. The number of piperidine rings is 1. The first kappa shape index (κ1) is 13.2. The molecular weight excluding hydrogens is 250 g/mol. The minimum atomic E-state index is -0.254. The highest BCUT2D eigenvalue weighted by Crippen LogP contribution is 2.24. The first-order valence-corrected chi connectivity index (χ1v) is 6.53. The van der Waals surface area contributed by atoms with Crippen molar-refractivity contribution < 1.29 is 4.79 Å². The zero-order valence-electron chi connectivity index (χ0n) is 10.2. The van der Waals surface area contributed by atoms with E-state index in [1.807, 2.05) is 6.07 Å². The van der Waals surface area contributed by atoms with Crippen molar-refractivity contribution in [1.82, 2.24) is 4.90 Å². The van der Waals surface area contributed by atoms with Gasteiger partial charge in [0, 0.05) is 17.3 Å². The minimum absolute atomic E-state index is 0.183. The number of primary amides is 1. The molecular formula is C13H18ClN3O.